The minimum absolute atomic E-state index is 0.103. The molecule has 8 heteroatoms. The zero-order valence-corrected chi connectivity index (χ0v) is 17.3. The van der Waals surface area contributed by atoms with Gasteiger partial charge in [-0.2, -0.15) is 0 Å². The molecule has 1 amide bonds. The number of carbonyl (C=O) groups is 1. The van der Waals surface area contributed by atoms with Gasteiger partial charge >= 0.3 is 0 Å². The van der Waals surface area contributed by atoms with Crippen LogP contribution in [0.2, 0.25) is 0 Å². The van der Waals surface area contributed by atoms with Gasteiger partial charge in [-0.15, -0.1) is 11.3 Å². The molecule has 1 atom stereocenters. The second-order valence-electron chi connectivity index (χ2n) is 7.36. The molecule has 0 aliphatic heterocycles. The summed E-state index contributed by atoms with van der Waals surface area (Å²) in [7, 11) is 0. The van der Waals surface area contributed by atoms with Crippen molar-refractivity contribution in [2.24, 2.45) is 11.1 Å². The van der Waals surface area contributed by atoms with Crippen LogP contribution in [-0.4, -0.2) is 40.1 Å². The van der Waals surface area contributed by atoms with Crippen molar-refractivity contribution in [1.29, 1.82) is 0 Å². The first-order chi connectivity index (χ1) is 13.9. The quantitative estimate of drug-likeness (QED) is 0.501. The standard InChI is InChI=1S/C21H25FN5OS/c1-21(2,20(28)25-13-15(22)12-23)11-17-26-16(10-14-6-4-3-5-7-14)18(27-17)19-24-8-9-29-19/h3-9,11,15H,10,12-13,23H2,1-2H3,(H,25,28)(H,26,27)/t15-/m1/s1. The van der Waals surface area contributed by atoms with Gasteiger partial charge in [-0.05, 0) is 5.56 Å². The largest absolute Gasteiger partial charge is 0.353 e. The monoisotopic (exact) mass is 414 g/mol. The van der Waals surface area contributed by atoms with Gasteiger partial charge in [-0.25, -0.2) is 14.4 Å². The van der Waals surface area contributed by atoms with E-state index < -0.39 is 11.6 Å². The van der Waals surface area contributed by atoms with Gasteiger partial charge in [0.25, 0.3) is 0 Å². The Kier molecular flexibility index (Phi) is 6.76. The van der Waals surface area contributed by atoms with Crippen LogP contribution in [0.5, 0.6) is 0 Å². The van der Waals surface area contributed by atoms with E-state index >= 15 is 0 Å². The number of imidazole rings is 1. The molecule has 0 fully saturated rings. The van der Waals surface area contributed by atoms with Crippen molar-refractivity contribution in [3.05, 3.63) is 65.4 Å². The van der Waals surface area contributed by atoms with Crippen LogP contribution in [0.15, 0.2) is 41.9 Å². The molecule has 0 unspecified atom stereocenters. The molecule has 1 radical (unpaired) electrons. The molecular formula is C21H25FN5OS. The van der Waals surface area contributed by atoms with Crippen molar-refractivity contribution in [3.8, 4) is 10.7 Å². The number of benzene rings is 1. The Bertz CT molecular complexity index is 924. The highest BCUT2D eigenvalue weighted by molar-refractivity contribution is 7.13. The molecule has 0 saturated carbocycles. The van der Waals surface area contributed by atoms with Gasteiger partial charge in [0, 0.05) is 36.7 Å². The van der Waals surface area contributed by atoms with Crippen LogP contribution in [0.1, 0.15) is 30.9 Å². The predicted octanol–water partition coefficient (Wildman–Crippen LogP) is 3.12. The van der Waals surface area contributed by atoms with Crippen LogP contribution in [0.25, 0.3) is 10.7 Å². The molecule has 3 aromatic rings. The molecule has 2 heterocycles. The first-order valence-electron chi connectivity index (χ1n) is 9.40. The SMILES string of the molecule is CC(C)([CH]c1nc(-c2nccs2)c(Cc2ccccc2)[nH]1)C(=O)NC[C@H](F)CN. The molecular weight excluding hydrogens is 389 g/mol. The summed E-state index contributed by atoms with van der Waals surface area (Å²) in [6.45, 7) is 3.30. The minimum atomic E-state index is -1.26. The van der Waals surface area contributed by atoms with Crippen molar-refractivity contribution < 1.29 is 9.18 Å². The highest BCUT2D eigenvalue weighted by Crippen LogP contribution is 2.29. The van der Waals surface area contributed by atoms with E-state index in [4.69, 9.17) is 10.7 Å². The maximum Gasteiger partial charge on any atom is 0.226 e. The maximum absolute atomic E-state index is 13.4. The van der Waals surface area contributed by atoms with E-state index in [1.807, 2.05) is 23.6 Å². The number of thiazole rings is 1. The van der Waals surface area contributed by atoms with E-state index in [9.17, 15) is 9.18 Å². The molecule has 0 saturated heterocycles. The number of nitrogens with two attached hydrogens (primary N) is 1. The van der Waals surface area contributed by atoms with E-state index in [1.54, 1.807) is 26.5 Å². The fourth-order valence-corrected chi connectivity index (χ4v) is 3.52. The molecule has 6 nitrogen and oxygen atoms in total. The highest BCUT2D eigenvalue weighted by atomic mass is 32.1. The lowest BCUT2D eigenvalue weighted by molar-refractivity contribution is -0.127. The molecule has 0 aliphatic carbocycles. The normalized spacial score (nSPS) is 12.7. The Morgan fingerprint density at radius 2 is 2.14 bits per heavy atom. The molecule has 29 heavy (non-hydrogen) atoms. The number of hydrogen-bond donors (Lipinski definition) is 3. The van der Waals surface area contributed by atoms with E-state index in [1.165, 1.54) is 11.3 Å². The summed E-state index contributed by atoms with van der Waals surface area (Å²) in [4.78, 5) is 24.9. The van der Waals surface area contributed by atoms with Crippen LogP contribution in [0.3, 0.4) is 0 Å². The maximum atomic E-state index is 13.4. The number of alkyl halides is 1. The second kappa shape index (κ2) is 9.28. The van der Waals surface area contributed by atoms with Gasteiger partial charge in [-0.3, -0.25) is 4.79 Å². The number of hydrogen-bond acceptors (Lipinski definition) is 5. The van der Waals surface area contributed by atoms with Crippen LogP contribution in [-0.2, 0) is 11.2 Å². The van der Waals surface area contributed by atoms with Crippen molar-refractivity contribution in [2.75, 3.05) is 13.1 Å². The number of H-pyrrole nitrogens is 1. The Morgan fingerprint density at radius 1 is 1.38 bits per heavy atom. The summed E-state index contributed by atoms with van der Waals surface area (Å²) in [5, 5.41) is 5.33. The van der Waals surface area contributed by atoms with Crippen LogP contribution in [0.4, 0.5) is 4.39 Å². The third-order valence-electron chi connectivity index (χ3n) is 4.48. The van der Waals surface area contributed by atoms with Gasteiger partial charge in [0.1, 0.15) is 22.7 Å². The Morgan fingerprint density at radius 3 is 2.79 bits per heavy atom. The van der Waals surface area contributed by atoms with E-state index in [0.717, 1.165) is 22.0 Å². The molecule has 1 aromatic carbocycles. The van der Waals surface area contributed by atoms with Gasteiger partial charge < -0.3 is 16.0 Å². The summed E-state index contributed by atoms with van der Waals surface area (Å²) in [5.41, 5.74) is 7.24. The average Bonchev–Trinajstić information content (AvgIpc) is 3.36. The third kappa shape index (κ3) is 5.48. The van der Waals surface area contributed by atoms with E-state index in [2.05, 4.69) is 27.4 Å². The summed E-state index contributed by atoms with van der Waals surface area (Å²) in [6, 6.07) is 10.1. The lowest BCUT2D eigenvalue weighted by Crippen LogP contribution is -2.41. The molecule has 4 N–H and O–H groups in total. The fraction of sp³-hybridized carbons (Fsp3) is 0.333. The van der Waals surface area contributed by atoms with Gasteiger partial charge in [0.05, 0.1) is 12.0 Å². The van der Waals surface area contributed by atoms with Gasteiger partial charge in [0.2, 0.25) is 5.91 Å². The first-order valence-corrected chi connectivity index (χ1v) is 10.3. The highest BCUT2D eigenvalue weighted by Gasteiger charge is 2.30. The molecule has 3 rings (SSSR count). The minimum Gasteiger partial charge on any atom is -0.353 e. The van der Waals surface area contributed by atoms with E-state index in [0.29, 0.717) is 12.2 Å². The predicted molar refractivity (Wildman–Crippen MR) is 113 cm³/mol. The number of aromatic nitrogens is 3. The smallest absolute Gasteiger partial charge is 0.226 e. The number of amides is 1. The van der Waals surface area contributed by atoms with Crippen molar-refractivity contribution in [1.82, 2.24) is 20.3 Å². The summed E-state index contributed by atoms with van der Waals surface area (Å²) < 4.78 is 13.4. The molecule has 2 aromatic heterocycles. The van der Waals surface area contributed by atoms with Crippen molar-refractivity contribution >= 4 is 17.2 Å². The fourth-order valence-electron chi connectivity index (χ4n) is 2.87. The Labute approximate surface area is 173 Å². The summed E-state index contributed by atoms with van der Waals surface area (Å²) in [6.07, 6.45) is 2.91. The first kappa shape index (κ1) is 21.1. The molecule has 0 aliphatic rings. The molecule has 153 valence electrons. The number of carbonyl (C=O) groups excluding carboxylic acids is 1. The third-order valence-corrected chi connectivity index (χ3v) is 5.26. The molecule has 0 bridgehead atoms. The summed E-state index contributed by atoms with van der Waals surface area (Å²) in [5.74, 6) is 0.294. The van der Waals surface area contributed by atoms with Crippen molar-refractivity contribution in [3.63, 3.8) is 0 Å². The van der Waals surface area contributed by atoms with Gasteiger partial charge in [0.15, 0.2) is 0 Å². The second-order valence-corrected chi connectivity index (χ2v) is 8.25. The topological polar surface area (TPSA) is 96.7 Å². The Balaban J connectivity index is 1.80. The number of aromatic amines is 1. The lowest BCUT2D eigenvalue weighted by Gasteiger charge is -2.22. The number of halogens is 1. The van der Waals surface area contributed by atoms with Gasteiger partial charge in [-0.1, -0.05) is 44.2 Å². The number of nitrogens with zero attached hydrogens (tertiary/aromatic N) is 2. The zero-order chi connectivity index (χ0) is 20.9. The lowest BCUT2D eigenvalue weighted by atomic mass is 9.88. The van der Waals surface area contributed by atoms with Crippen LogP contribution < -0.4 is 11.1 Å². The number of rotatable bonds is 9. The number of nitrogens with one attached hydrogen (secondary N) is 2. The van der Waals surface area contributed by atoms with Crippen molar-refractivity contribution in [2.45, 2.75) is 26.4 Å². The average molecular weight is 415 g/mol. The van der Waals surface area contributed by atoms with E-state index in [-0.39, 0.29) is 19.0 Å². The summed E-state index contributed by atoms with van der Waals surface area (Å²) >= 11 is 1.51. The molecule has 0 spiro atoms. The van der Waals surface area contributed by atoms with Crippen LogP contribution >= 0.6 is 11.3 Å². The Hall–Kier alpha value is -2.58. The van der Waals surface area contributed by atoms with Crippen LogP contribution in [0, 0.1) is 11.8 Å². The zero-order valence-electron chi connectivity index (χ0n) is 16.5.